The molecule has 1 atom stereocenters. The minimum Gasteiger partial charge on any atom is -0.370 e. The molecule has 0 aromatic heterocycles. The molecule has 1 aliphatic rings. The molecule has 0 amide bonds. The molecule has 1 unspecified atom stereocenters. The van der Waals surface area contributed by atoms with Crippen LogP contribution in [-0.2, 0) is 5.33 Å². The van der Waals surface area contributed by atoms with E-state index in [2.05, 4.69) is 74.0 Å². The zero-order valence-corrected chi connectivity index (χ0v) is 13.5. The summed E-state index contributed by atoms with van der Waals surface area (Å²) >= 11 is 7.11. The monoisotopic (exact) mass is 360 g/mol. The third-order valence-electron chi connectivity index (χ3n) is 3.42. The molecule has 1 aromatic rings. The largest absolute Gasteiger partial charge is 0.370 e. The van der Waals surface area contributed by atoms with E-state index >= 15 is 0 Å². The summed E-state index contributed by atoms with van der Waals surface area (Å²) in [5, 5.41) is 0.908. The number of anilines is 1. The predicted octanol–water partition coefficient (Wildman–Crippen LogP) is 3.48. The second-order valence-electron chi connectivity index (χ2n) is 4.76. The number of rotatable bonds is 3. The minimum absolute atomic E-state index is 0.682. The van der Waals surface area contributed by atoms with Gasteiger partial charge in [-0.05, 0) is 44.3 Å². The van der Waals surface area contributed by atoms with E-state index in [1.807, 2.05) is 0 Å². The van der Waals surface area contributed by atoms with Crippen LogP contribution < -0.4 is 4.90 Å². The lowest BCUT2D eigenvalue weighted by Gasteiger charge is -2.23. The first-order chi connectivity index (χ1) is 8.11. The molecule has 0 aliphatic carbocycles. The zero-order chi connectivity index (χ0) is 12.4. The van der Waals surface area contributed by atoms with Gasteiger partial charge in [0.05, 0.1) is 0 Å². The van der Waals surface area contributed by atoms with Gasteiger partial charge < -0.3 is 9.80 Å². The van der Waals surface area contributed by atoms with E-state index in [1.54, 1.807) is 0 Å². The van der Waals surface area contributed by atoms with Crippen LogP contribution in [0.2, 0.25) is 0 Å². The van der Waals surface area contributed by atoms with Crippen LogP contribution in [0.25, 0.3) is 0 Å². The summed E-state index contributed by atoms with van der Waals surface area (Å²) in [7, 11) is 4.34. The summed E-state index contributed by atoms with van der Waals surface area (Å²) in [6.45, 7) is 2.29. The fourth-order valence-corrected chi connectivity index (χ4v) is 3.21. The lowest BCUT2D eigenvalue weighted by Crippen LogP contribution is -2.31. The average Bonchev–Trinajstić information content (AvgIpc) is 2.78. The molecule has 4 heteroatoms. The molecule has 1 aliphatic heterocycles. The fraction of sp³-hybridized carbons (Fsp3) is 0.538. The van der Waals surface area contributed by atoms with Crippen LogP contribution in [0.4, 0.5) is 5.69 Å². The first-order valence-corrected chi connectivity index (χ1v) is 7.79. The number of hydrogen-bond donors (Lipinski definition) is 0. The topological polar surface area (TPSA) is 6.48 Å². The number of nitrogens with zero attached hydrogens (tertiary/aromatic N) is 2. The molecule has 1 saturated heterocycles. The Morgan fingerprint density at radius 3 is 2.76 bits per heavy atom. The van der Waals surface area contributed by atoms with E-state index in [-0.39, 0.29) is 0 Å². The maximum atomic E-state index is 3.58. The van der Waals surface area contributed by atoms with Gasteiger partial charge in [-0.25, -0.2) is 0 Å². The summed E-state index contributed by atoms with van der Waals surface area (Å²) in [4.78, 5) is 4.82. The Kier molecular flexibility index (Phi) is 4.50. The van der Waals surface area contributed by atoms with Gasteiger partial charge in [0.1, 0.15) is 0 Å². The van der Waals surface area contributed by atoms with E-state index in [0.29, 0.717) is 6.04 Å². The second-order valence-corrected chi connectivity index (χ2v) is 6.24. The molecule has 2 rings (SSSR count). The molecular weight excluding hydrogens is 344 g/mol. The van der Waals surface area contributed by atoms with E-state index in [1.165, 1.54) is 17.7 Å². The Morgan fingerprint density at radius 1 is 1.41 bits per heavy atom. The summed E-state index contributed by atoms with van der Waals surface area (Å²) in [6.07, 6.45) is 1.25. The van der Waals surface area contributed by atoms with E-state index in [0.717, 1.165) is 22.9 Å². The highest BCUT2D eigenvalue weighted by molar-refractivity contribution is 9.10. The Morgan fingerprint density at radius 2 is 2.18 bits per heavy atom. The van der Waals surface area contributed by atoms with Gasteiger partial charge in [-0.1, -0.05) is 31.9 Å². The van der Waals surface area contributed by atoms with Gasteiger partial charge in [0.2, 0.25) is 0 Å². The summed E-state index contributed by atoms with van der Waals surface area (Å²) in [6, 6.07) is 7.23. The van der Waals surface area contributed by atoms with Crippen LogP contribution in [-0.4, -0.2) is 38.1 Å². The van der Waals surface area contributed by atoms with Crippen molar-refractivity contribution in [2.45, 2.75) is 17.8 Å². The van der Waals surface area contributed by atoms with Crippen molar-refractivity contribution in [3.63, 3.8) is 0 Å². The summed E-state index contributed by atoms with van der Waals surface area (Å²) in [5.41, 5.74) is 2.73. The molecule has 0 N–H and O–H groups in total. The van der Waals surface area contributed by atoms with Crippen molar-refractivity contribution in [3.8, 4) is 0 Å². The maximum Gasteiger partial charge on any atom is 0.0408 e. The first-order valence-electron chi connectivity index (χ1n) is 5.87. The van der Waals surface area contributed by atoms with Gasteiger partial charge in [-0.2, -0.15) is 0 Å². The predicted molar refractivity (Wildman–Crippen MR) is 81.1 cm³/mol. The number of alkyl halides is 1. The van der Waals surface area contributed by atoms with Crippen LogP contribution >= 0.6 is 31.9 Å². The Hall–Kier alpha value is -0.0600. The van der Waals surface area contributed by atoms with Gasteiger partial charge in [-0.3, -0.25) is 0 Å². The molecule has 0 spiro atoms. The van der Waals surface area contributed by atoms with Crippen LogP contribution in [0.3, 0.4) is 0 Å². The molecule has 0 saturated carbocycles. The van der Waals surface area contributed by atoms with Crippen molar-refractivity contribution < 1.29 is 0 Å². The molecule has 1 heterocycles. The van der Waals surface area contributed by atoms with Crippen LogP contribution in [0.5, 0.6) is 0 Å². The average molecular weight is 362 g/mol. The Bertz CT molecular complexity index is 393. The highest BCUT2D eigenvalue weighted by Gasteiger charge is 2.25. The lowest BCUT2D eigenvalue weighted by molar-refractivity contribution is 0.315. The smallest absolute Gasteiger partial charge is 0.0408 e. The number of hydrogen-bond acceptors (Lipinski definition) is 2. The zero-order valence-electron chi connectivity index (χ0n) is 10.3. The normalized spacial score (nSPS) is 20.3. The van der Waals surface area contributed by atoms with Gasteiger partial charge in [-0.15, -0.1) is 0 Å². The summed E-state index contributed by atoms with van der Waals surface area (Å²) in [5.74, 6) is 0. The number of halogens is 2. The lowest BCUT2D eigenvalue weighted by atomic mass is 10.2. The van der Waals surface area contributed by atoms with Crippen molar-refractivity contribution in [1.82, 2.24) is 4.90 Å². The summed E-state index contributed by atoms with van der Waals surface area (Å²) < 4.78 is 1.15. The molecule has 0 radical (unpaired) electrons. The molecule has 1 aromatic carbocycles. The molecule has 2 nitrogen and oxygen atoms in total. The van der Waals surface area contributed by atoms with Gasteiger partial charge in [0, 0.05) is 34.6 Å². The molecular formula is C13H18Br2N2. The van der Waals surface area contributed by atoms with Crippen molar-refractivity contribution in [2.75, 3.05) is 32.1 Å². The first kappa shape index (κ1) is 13.4. The highest BCUT2D eigenvalue weighted by Crippen LogP contribution is 2.29. The van der Waals surface area contributed by atoms with Gasteiger partial charge in [0.25, 0.3) is 0 Å². The van der Waals surface area contributed by atoms with Crippen molar-refractivity contribution in [2.24, 2.45) is 0 Å². The molecule has 1 fully saturated rings. The van der Waals surface area contributed by atoms with Crippen LogP contribution in [0, 0.1) is 0 Å². The van der Waals surface area contributed by atoms with E-state index < -0.39 is 0 Å². The van der Waals surface area contributed by atoms with Crippen LogP contribution in [0.1, 0.15) is 12.0 Å². The Labute approximate surface area is 120 Å². The Balaban J connectivity index is 2.18. The van der Waals surface area contributed by atoms with E-state index in [9.17, 15) is 0 Å². The highest BCUT2D eigenvalue weighted by atomic mass is 79.9. The maximum absolute atomic E-state index is 3.58. The van der Waals surface area contributed by atoms with E-state index in [4.69, 9.17) is 0 Å². The van der Waals surface area contributed by atoms with Crippen molar-refractivity contribution >= 4 is 37.5 Å². The molecule has 0 bridgehead atoms. The second kappa shape index (κ2) is 5.72. The molecule has 94 valence electrons. The molecule has 17 heavy (non-hydrogen) atoms. The third kappa shape index (κ3) is 3.04. The fourth-order valence-electron chi connectivity index (χ4n) is 2.35. The third-order valence-corrected chi connectivity index (χ3v) is 4.52. The van der Waals surface area contributed by atoms with Crippen LogP contribution in [0.15, 0.2) is 22.7 Å². The quantitative estimate of drug-likeness (QED) is 0.760. The van der Waals surface area contributed by atoms with Crippen molar-refractivity contribution in [3.05, 3.63) is 28.2 Å². The number of likely N-dealkylation sites (N-methyl/N-ethyl adjacent to an activating group) is 1. The SMILES string of the molecule is CN(C)C1CCN(c2ccc(Br)cc2CBr)C1. The van der Waals surface area contributed by atoms with Gasteiger partial charge in [0.15, 0.2) is 0 Å². The van der Waals surface area contributed by atoms with Crippen molar-refractivity contribution in [1.29, 1.82) is 0 Å². The minimum atomic E-state index is 0.682. The van der Waals surface area contributed by atoms with Gasteiger partial charge >= 0.3 is 0 Å². The standard InChI is InChI=1S/C13H18Br2N2/c1-16(2)12-5-6-17(9-12)13-4-3-11(15)7-10(13)8-14/h3-4,7,12H,5-6,8-9H2,1-2H3. The number of benzene rings is 1.